The van der Waals surface area contributed by atoms with Crippen molar-refractivity contribution in [3.05, 3.63) is 24.3 Å². The van der Waals surface area contributed by atoms with Crippen LogP contribution in [-0.4, -0.2) is 31.5 Å². The summed E-state index contributed by atoms with van der Waals surface area (Å²) >= 11 is 11.6. The second-order valence-electron chi connectivity index (χ2n) is 4.06. The monoisotopic (exact) mass is 289 g/mol. The molecule has 0 aliphatic carbocycles. The van der Waals surface area contributed by atoms with Gasteiger partial charge in [0.05, 0.1) is 6.61 Å². The lowest BCUT2D eigenvalue weighted by Crippen LogP contribution is -2.27. The first kappa shape index (κ1) is 15.5. The average Bonchev–Trinajstić information content (AvgIpc) is 2.39. The number of anilines is 1. The van der Waals surface area contributed by atoms with Crippen molar-refractivity contribution in [3.8, 4) is 5.75 Å². The van der Waals surface area contributed by atoms with E-state index in [4.69, 9.17) is 27.9 Å². The highest BCUT2D eigenvalue weighted by atomic mass is 35.5. The number of alkyl halides is 2. The van der Waals surface area contributed by atoms with Gasteiger partial charge in [0.25, 0.3) is 0 Å². The molecular weight excluding hydrogens is 269 g/mol. The lowest BCUT2D eigenvalue weighted by atomic mass is 10.2. The van der Waals surface area contributed by atoms with E-state index in [1.807, 2.05) is 12.1 Å². The number of halogens is 2. The van der Waals surface area contributed by atoms with Gasteiger partial charge in [0.15, 0.2) is 0 Å². The molecule has 102 valence electrons. The molecule has 0 heterocycles. The van der Waals surface area contributed by atoms with Crippen LogP contribution in [0.25, 0.3) is 0 Å². The zero-order chi connectivity index (χ0) is 13.2. The van der Waals surface area contributed by atoms with Crippen LogP contribution in [0.4, 0.5) is 5.69 Å². The van der Waals surface area contributed by atoms with Gasteiger partial charge in [0, 0.05) is 36.6 Å². The number of rotatable bonds is 9. The predicted molar refractivity (Wildman–Crippen MR) is 80.5 cm³/mol. The highest BCUT2D eigenvalue weighted by Gasteiger charge is 2.06. The molecule has 0 aliphatic heterocycles. The molecule has 0 N–H and O–H groups in total. The quantitative estimate of drug-likeness (QED) is 0.500. The maximum absolute atomic E-state index is 5.81. The Labute approximate surface area is 120 Å². The van der Waals surface area contributed by atoms with E-state index in [-0.39, 0.29) is 0 Å². The van der Waals surface area contributed by atoms with E-state index in [2.05, 4.69) is 24.0 Å². The van der Waals surface area contributed by atoms with E-state index in [1.165, 1.54) is 0 Å². The lowest BCUT2D eigenvalue weighted by molar-refractivity contribution is 0.309. The molecule has 0 fully saturated rings. The van der Waals surface area contributed by atoms with Crippen molar-refractivity contribution in [1.82, 2.24) is 0 Å². The van der Waals surface area contributed by atoms with Gasteiger partial charge in [-0.15, -0.1) is 23.2 Å². The Morgan fingerprint density at radius 1 is 1.17 bits per heavy atom. The van der Waals surface area contributed by atoms with Crippen LogP contribution in [0.15, 0.2) is 24.3 Å². The molecule has 4 heteroatoms. The fraction of sp³-hybridized carbons (Fsp3) is 0.571. The molecule has 0 aliphatic rings. The maximum Gasteiger partial charge on any atom is 0.121 e. The Morgan fingerprint density at radius 2 is 1.89 bits per heavy atom. The highest BCUT2D eigenvalue weighted by molar-refractivity contribution is 6.18. The topological polar surface area (TPSA) is 12.5 Å². The molecule has 2 nitrogen and oxygen atoms in total. The van der Waals surface area contributed by atoms with Crippen molar-refractivity contribution in [2.45, 2.75) is 19.8 Å². The molecular formula is C14H21Cl2NO. The summed E-state index contributed by atoms with van der Waals surface area (Å²) < 4.78 is 5.70. The van der Waals surface area contributed by atoms with Crippen molar-refractivity contribution in [2.24, 2.45) is 0 Å². The third-order valence-electron chi connectivity index (χ3n) is 2.66. The minimum atomic E-state index is 0.595. The van der Waals surface area contributed by atoms with E-state index in [9.17, 15) is 0 Å². The smallest absolute Gasteiger partial charge is 0.121 e. The molecule has 1 aromatic carbocycles. The van der Waals surface area contributed by atoms with Gasteiger partial charge in [-0.25, -0.2) is 0 Å². The molecule has 0 spiro atoms. The van der Waals surface area contributed by atoms with Crippen LogP contribution in [0, 0.1) is 0 Å². The van der Waals surface area contributed by atoms with E-state index in [0.29, 0.717) is 11.8 Å². The number of benzene rings is 1. The highest BCUT2D eigenvalue weighted by Crippen LogP contribution is 2.21. The van der Waals surface area contributed by atoms with E-state index < -0.39 is 0 Å². The van der Waals surface area contributed by atoms with Gasteiger partial charge in [-0.1, -0.05) is 19.4 Å². The minimum absolute atomic E-state index is 0.595. The molecule has 1 aromatic rings. The van der Waals surface area contributed by atoms with Crippen molar-refractivity contribution in [1.29, 1.82) is 0 Å². The molecule has 0 atom stereocenters. The summed E-state index contributed by atoms with van der Waals surface area (Å²) in [5.41, 5.74) is 1.12. The Balaban J connectivity index is 2.65. The van der Waals surface area contributed by atoms with Gasteiger partial charge in [-0.2, -0.15) is 0 Å². The molecule has 1 rings (SSSR count). The van der Waals surface area contributed by atoms with Crippen molar-refractivity contribution < 1.29 is 4.74 Å². The third kappa shape index (κ3) is 5.36. The van der Waals surface area contributed by atoms with Gasteiger partial charge >= 0.3 is 0 Å². The Hall–Kier alpha value is -0.600. The van der Waals surface area contributed by atoms with Crippen LogP contribution >= 0.6 is 23.2 Å². The molecule has 18 heavy (non-hydrogen) atoms. The zero-order valence-corrected chi connectivity index (χ0v) is 12.4. The summed E-state index contributed by atoms with van der Waals surface area (Å²) in [4.78, 5) is 2.17. The minimum Gasteiger partial charge on any atom is -0.494 e. The summed E-state index contributed by atoms with van der Waals surface area (Å²) in [5.74, 6) is 2.10. The summed E-state index contributed by atoms with van der Waals surface area (Å²) in [5, 5.41) is 0. The molecule has 0 saturated carbocycles. The molecule has 0 radical (unpaired) electrons. The summed E-state index contributed by atoms with van der Waals surface area (Å²) in [6, 6.07) is 8.10. The van der Waals surface area contributed by atoms with Crippen LogP contribution in [0.5, 0.6) is 5.75 Å². The standard InChI is InChI=1S/C14H21Cl2NO/c1-2-3-11-18-14-6-4-5-13(12-14)17(9-7-15)10-8-16/h4-6,12H,2-3,7-11H2,1H3. The summed E-state index contributed by atoms with van der Waals surface area (Å²) in [6.45, 7) is 4.52. The lowest BCUT2D eigenvalue weighted by Gasteiger charge is -2.23. The van der Waals surface area contributed by atoms with E-state index >= 15 is 0 Å². The largest absolute Gasteiger partial charge is 0.494 e. The first-order valence-electron chi connectivity index (χ1n) is 6.41. The van der Waals surface area contributed by atoms with Gasteiger partial charge < -0.3 is 9.64 Å². The Morgan fingerprint density at radius 3 is 2.50 bits per heavy atom. The van der Waals surface area contributed by atoms with Crippen molar-refractivity contribution >= 4 is 28.9 Å². The molecule has 0 bridgehead atoms. The van der Waals surface area contributed by atoms with Gasteiger partial charge in [0.2, 0.25) is 0 Å². The molecule has 0 saturated heterocycles. The number of hydrogen-bond donors (Lipinski definition) is 0. The number of ether oxygens (including phenoxy) is 1. The van der Waals surface area contributed by atoms with Crippen molar-refractivity contribution in [3.63, 3.8) is 0 Å². The van der Waals surface area contributed by atoms with Crippen LogP contribution in [0.3, 0.4) is 0 Å². The first-order chi connectivity index (χ1) is 8.81. The summed E-state index contributed by atoms with van der Waals surface area (Å²) in [7, 11) is 0. The van der Waals surface area contributed by atoms with E-state index in [1.54, 1.807) is 0 Å². The molecule has 0 unspecified atom stereocenters. The van der Waals surface area contributed by atoms with Gasteiger partial charge in [0.1, 0.15) is 5.75 Å². The van der Waals surface area contributed by atoms with Crippen molar-refractivity contribution in [2.75, 3.05) is 36.4 Å². The number of nitrogens with zero attached hydrogens (tertiary/aromatic N) is 1. The first-order valence-corrected chi connectivity index (χ1v) is 7.48. The van der Waals surface area contributed by atoms with E-state index in [0.717, 1.165) is 44.0 Å². The SMILES string of the molecule is CCCCOc1cccc(N(CCCl)CCCl)c1. The van der Waals surface area contributed by atoms with Gasteiger partial charge in [-0.05, 0) is 18.6 Å². The second kappa shape index (κ2) is 9.35. The fourth-order valence-corrected chi connectivity index (χ4v) is 2.09. The molecule has 0 aromatic heterocycles. The van der Waals surface area contributed by atoms with Crippen LogP contribution < -0.4 is 9.64 Å². The van der Waals surface area contributed by atoms with Crippen LogP contribution in [0.2, 0.25) is 0 Å². The summed E-state index contributed by atoms with van der Waals surface area (Å²) in [6.07, 6.45) is 2.22. The van der Waals surface area contributed by atoms with Crippen LogP contribution in [-0.2, 0) is 0 Å². The zero-order valence-electron chi connectivity index (χ0n) is 10.9. The Bertz CT molecular complexity index is 327. The third-order valence-corrected chi connectivity index (χ3v) is 3.00. The second-order valence-corrected chi connectivity index (χ2v) is 4.82. The van der Waals surface area contributed by atoms with Gasteiger partial charge in [-0.3, -0.25) is 0 Å². The number of hydrogen-bond acceptors (Lipinski definition) is 2. The molecule has 0 amide bonds. The maximum atomic E-state index is 5.81. The fourth-order valence-electron chi connectivity index (χ4n) is 1.68. The predicted octanol–water partition coefficient (Wildman–Crippen LogP) is 4.15. The average molecular weight is 290 g/mol. The Kier molecular flexibility index (Phi) is 8.03. The number of unbranched alkanes of at least 4 members (excludes halogenated alkanes) is 1. The van der Waals surface area contributed by atoms with Crippen LogP contribution in [0.1, 0.15) is 19.8 Å². The normalized spacial score (nSPS) is 10.4.